The first-order valence-electron chi connectivity index (χ1n) is 10.8. The Bertz CT molecular complexity index is 1270. The Labute approximate surface area is 196 Å². The molecule has 2 aromatic heterocycles. The second-order valence-corrected chi connectivity index (χ2v) is 8.79. The van der Waals surface area contributed by atoms with Crippen LogP contribution in [0.25, 0.3) is 22.4 Å². The highest BCUT2D eigenvalue weighted by atomic mass is 35.5. The number of carboxylic acids is 1. The van der Waals surface area contributed by atoms with Gasteiger partial charge in [-0.2, -0.15) is 0 Å². The average Bonchev–Trinajstić information content (AvgIpc) is 3.36. The standard InChI is InChI=1S/C25H25ClN2O5/c1-4-5-21-20(27-23(31-21)15-6-8-16(26)9-7-15)13-12-19-18-11-10-17(14-22(18)33-28-19)32-25(2,3)24(29)30/h6-11,14H,4-5,12-13H2,1-3H3,(H,29,30). The monoisotopic (exact) mass is 468 g/mol. The molecule has 0 spiro atoms. The van der Waals surface area contributed by atoms with E-state index in [9.17, 15) is 9.90 Å². The van der Waals surface area contributed by atoms with Gasteiger partial charge >= 0.3 is 5.97 Å². The van der Waals surface area contributed by atoms with Gasteiger partial charge in [-0.15, -0.1) is 0 Å². The van der Waals surface area contributed by atoms with Crippen molar-refractivity contribution in [3.63, 3.8) is 0 Å². The molecular weight excluding hydrogens is 444 g/mol. The predicted octanol–water partition coefficient (Wildman–Crippen LogP) is 6.12. The second kappa shape index (κ2) is 9.27. The molecule has 0 bridgehead atoms. The number of hydrogen-bond donors (Lipinski definition) is 1. The van der Waals surface area contributed by atoms with E-state index in [0.717, 1.165) is 40.9 Å². The van der Waals surface area contributed by atoms with Crippen LogP contribution < -0.4 is 4.74 Å². The lowest BCUT2D eigenvalue weighted by Crippen LogP contribution is -2.37. The number of carboxylic acid groups (broad SMARTS) is 1. The Morgan fingerprint density at radius 1 is 1.09 bits per heavy atom. The smallest absolute Gasteiger partial charge is 0.347 e. The van der Waals surface area contributed by atoms with Crippen molar-refractivity contribution in [2.24, 2.45) is 0 Å². The molecule has 1 N–H and O–H groups in total. The molecule has 2 heterocycles. The molecule has 33 heavy (non-hydrogen) atoms. The normalized spacial score (nSPS) is 11.8. The lowest BCUT2D eigenvalue weighted by molar-refractivity contribution is -0.152. The van der Waals surface area contributed by atoms with Crippen LogP contribution in [-0.4, -0.2) is 26.8 Å². The van der Waals surface area contributed by atoms with E-state index in [2.05, 4.69) is 12.1 Å². The number of halogens is 1. The zero-order chi connectivity index (χ0) is 23.6. The van der Waals surface area contributed by atoms with Crippen LogP contribution in [0.1, 0.15) is 44.3 Å². The van der Waals surface area contributed by atoms with E-state index >= 15 is 0 Å². The topological polar surface area (TPSA) is 98.6 Å². The lowest BCUT2D eigenvalue weighted by Gasteiger charge is -2.21. The first kappa shape index (κ1) is 22.9. The summed E-state index contributed by atoms with van der Waals surface area (Å²) in [5.41, 5.74) is 1.78. The van der Waals surface area contributed by atoms with Crippen LogP contribution in [0.2, 0.25) is 5.02 Å². The molecule has 0 radical (unpaired) electrons. The van der Waals surface area contributed by atoms with Gasteiger partial charge in [0.05, 0.1) is 11.4 Å². The van der Waals surface area contributed by atoms with Crippen LogP contribution >= 0.6 is 11.6 Å². The number of ether oxygens (including phenoxy) is 1. The van der Waals surface area contributed by atoms with Crippen LogP contribution in [0.3, 0.4) is 0 Å². The number of fused-ring (bicyclic) bond motifs is 1. The van der Waals surface area contributed by atoms with Crippen molar-refractivity contribution < 1.29 is 23.6 Å². The van der Waals surface area contributed by atoms with Gasteiger partial charge in [-0.3, -0.25) is 0 Å². The Balaban J connectivity index is 1.53. The molecule has 0 aliphatic heterocycles. The van der Waals surface area contributed by atoms with Crippen molar-refractivity contribution in [3.05, 3.63) is 64.6 Å². The summed E-state index contributed by atoms with van der Waals surface area (Å²) in [6.07, 6.45) is 3.02. The first-order chi connectivity index (χ1) is 15.8. The molecular formula is C25H25ClN2O5. The number of nitrogens with zero attached hydrogens (tertiary/aromatic N) is 2. The van der Waals surface area contributed by atoms with Crippen molar-refractivity contribution in [2.45, 2.75) is 52.1 Å². The average molecular weight is 469 g/mol. The summed E-state index contributed by atoms with van der Waals surface area (Å²) in [4.78, 5) is 16.0. The molecule has 0 aliphatic rings. The van der Waals surface area contributed by atoms with E-state index in [1.165, 1.54) is 13.8 Å². The lowest BCUT2D eigenvalue weighted by atomic mass is 10.1. The highest BCUT2D eigenvalue weighted by Crippen LogP contribution is 2.29. The van der Waals surface area contributed by atoms with Crippen molar-refractivity contribution in [1.82, 2.24) is 10.1 Å². The number of aromatic nitrogens is 2. The molecule has 8 heteroatoms. The number of carbonyl (C=O) groups is 1. The van der Waals surface area contributed by atoms with Gasteiger partial charge in [-0.1, -0.05) is 23.7 Å². The Kier molecular flexibility index (Phi) is 6.42. The first-order valence-corrected chi connectivity index (χ1v) is 11.2. The Morgan fingerprint density at radius 3 is 2.52 bits per heavy atom. The zero-order valence-electron chi connectivity index (χ0n) is 18.7. The summed E-state index contributed by atoms with van der Waals surface area (Å²) in [5.74, 6) is 0.820. The minimum atomic E-state index is -1.35. The van der Waals surface area contributed by atoms with Crippen molar-refractivity contribution in [3.8, 4) is 17.2 Å². The molecule has 0 unspecified atom stereocenters. The SMILES string of the molecule is CCCc1oc(-c2ccc(Cl)cc2)nc1CCc1noc2cc(OC(C)(C)C(=O)O)ccc12. The maximum atomic E-state index is 11.3. The molecule has 0 amide bonds. The molecule has 0 saturated carbocycles. The number of rotatable bonds is 9. The summed E-state index contributed by atoms with van der Waals surface area (Å²) in [6, 6.07) is 12.6. The van der Waals surface area contributed by atoms with Gasteiger partial charge in [-0.25, -0.2) is 9.78 Å². The fourth-order valence-electron chi connectivity index (χ4n) is 3.51. The third-order valence-electron chi connectivity index (χ3n) is 5.35. The van der Waals surface area contributed by atoms with Gasteiger partial charge in [0.2, 0.25) is 5.89 Å². The minimum Gasteiger partial charge on any atom is -0.478 e. The Hall–Kier alpha value is -3.32. The van der Waals surface area contributed by atoms with E-state index in [1.807, 2.05) is 30.3 Å². The maximum absolute atomic E-state index is 11.3. The van der Waals surface area contributed by atoms with Crippen LogP contribution in [0.5, 0.6) is 5.75 Å². The molecule has 2 aromatic carbocycles. The molecule has 0 fully saturated rings. The number of benzene rings is 2. The molecule has 0 saturated heterocycles. The van der Waals surface area contributed by atoms with Gasteiger partial charge in [0.15, 0.2) is 11.2 Å². The molecule has 4 aromatic rings. The fourth-order valence-corrected chi connectivity index (χ4v) is 3.63. The summed E-state index contributed by atoms with van der Waals surface area (Å²) in [7, 11) is 0. The third kappa shape index (κ3) is 5.03. The summed E-state index contributed by atoms with van der Waals surface area (Å²) in [6.45, 7) is 5.09. The Morgan fingerprint density at radius 2 is 1.82 bits per heavy atom. The summed E-state index contributed by atoms with van der Waals surface area (Å²) in [5, 5.41) is 15.0. The highest BCUT2D eigenvalue weighted by Gasteiger charge is 2.29. The third-order valence-corrected chi connectivity index (χ3v) is 5.60. The molecule has 0 atom stereocenters. The van der Waals surface area contributed by atoms with Gasteiger partial charge in [0, 0.05) is 28.5 Å². The van der Waals surface area contributed by atoms with Gasteiger partial charge in [0.25, 0.3) is 0 Å². The van der Waals surface area contributed by atoms with E-state index in [0.29, 0.717) is 35.1 Å². The number of aryl methyl sites for hydroxylation is 3. The largest absolute Gasteiger partial charge is 0.478 e. The highest BCUT2D eigenvalue weighted by molar-refractivity contribution is 6.30. The molecule has 0 aliphatic carbocycles. The molecule has 4 rings (SSSR count). The van der Waals surface area contributed by atoms with Gasteiger partial charge < -0.3 is 18.8 Å². The van der Waals surface area contributed by atoms with E-state index in [-0.39, 0.29) is 0 Å². The van der Waals surface area contributed by atoms with E-state index in [1.54, 1.807) is 12.1 Å². The second-order valence-electron chi connectivity index (χ2n) is 8.35. The minimum absolute atomic E-state index is 0.409. The summed E-state index contributed by atoms with van der Waals surface area (Å²) >= 11 is 5.99. The van der Waals surface area contributed by atoms with E-state index in [4.69, 9.17) is 30.3 Å². The number of hydrogen-bond acceptors (Lipinski definition) is 6. The summed E-state index contributed by atoms with van der Waals surface area (Å²) < 4.78 is 17.1. The van der Waals surface area contributed by atoms with Gasteiger partial charge in [-0.05, 0) is 69.5 Å². The van der Waals surface area contributed by atoms with Crippen LogP contribution in [0, 0.1) is 0 Å². The number of aliphatic carboxylic acids is 1. The van der Waals surface area contributed by atoms with Gasteiger partial charge in [0.1, 0.15) is 11.5 Å². The van der Waals surface area contributed by atoms with Crippen molar-refractivity contribution in [2.75, 3.05) is 0 Å². The van der Waals surface area contributed by atoms with Crippen LogP contribution in [-0.2, 0) is 24.1 Å². The van der Waals surface area contributed by atoms with Crippen LogP contribution in [0.4, 0.5) is 0 Å². The maximum Gasteiger partial charge on any atom is 0.347 e. The van der Waals surface area contributed by atoms with Crippen molar-refractivity contribution in [1.29, 1.82) is 0 Å². The van der Waals surface area contributed by atoms with Crippen LogP contribution in [0.15, 0.2) is 51.4 Å². The fraction of sp³-hybridized carbons (Fsp3) is 0.320. The van der Waals surface area contributed by atoms with E-state index < -0.39 is 11.6 Å². The molecule has 172 valence electrons. The molecule has 7 nitrogen and oxygen atoms in total. The number of oxazole rings is 1. The predicted molar refractivity (Wildman–Crippen MR) is 125 cm³/mol. The zero-order valence-corrected chi connectivity index (χ0v) is 19.5. The van der Waals surface area contributed by atoms with Crippen molar-refractivity contribution >= 4 is 28.5 Å². The quantitative estimate of drug-likeness (QED) is 0.316.